The highest BCUT2D eigenvalue weighted by Gasteiger charge is 2.19. The van der Waals surface area contributed by atoms with Crippen molar-refractivity contribution >= 4 is 17.5 Å². The van der Waals surface area contributed by atoms with Crippen LogP contribution >= 0.6 is 0 Å². The first-order valence-corrected chi connectivity index (χ1v) is 9.26. The van der Waals surface area contributed by atoms with E-state index in [9.17, 15) is 0 Å². The second kappa shape index (κ2) is 8.19. The summed E-state index contributed by atoms with van der Waals surface area (Å²) >= 11 is 0. The number of piperazine rings is 1. The van der Waals surface area contributed by atoms with Crippen molar-refractivity contribution in [2.75, 3.05) is 47.8 Å². The molecular weight excluding hydrogens is 310 g/mol. The molecule has 1 N–H and O–H groups in total. The molecule has 0 amide bonds. The van der Waals surface area contributed by atoms with Gasteiger partial charge in [0.15, 0.2) is 0 Å². The summed E-state index contributed by atoms with van der Waals surface area (Å²) in [5.41, 5.74) is 2.31. The Morgan fingerprint density at radius 1 is 1.00 bits per heavy atom. The van der Waals surface area contributed by atoms with Gasteiger partial charge in [0, 0.05) is 50.2 Å². The minimum absolute atomic E-state index is 0.695. The van der Waals surface area contributed by atoms with E-state index in [0.29, 0.717) is 5.92 Å². The number of aryl methyl sites for hydroxylation is 1. The summed E-state index contributed by atoms with van der Waals surface area (Å²) in [7, 11) is 0. The zero-order valence-corrected chi connectivity index (χ0v) is 15.6. The van der Waals surface area contributed by atoms with Crippen molar-refractivity contribution in [2.45, 2.75) is 27.2 Å². The minimum Gasteiger partial charge on any atom is -0.370 e. The van der Waals surface area contributed by atoms with E-state index >= 15 is 0 Å². The molecule has 0 radical (unpaired) electrons. The lowest BCUT2D eigenvalue weighted by Gasteiger charge is -2.36. The van der Waals surface area contributed by atoms with Gasteiger partial charge in [-0.25, -0.2) is 4.98 Å². The Kier molecular flexibility index (Phi) is 5.74. The van der Waals surface area contributed by atoms with Gasteiger partial charge in [-0.15, -0.1) is 0 Å². The summed E-state index contributed by atoms with van der Waals surface area (Å²) in [6.07, 6.45) is 1.15. The van der Waals surface area contributed by atoms with Gasteiger partial charge < -0.3 is 15.1 Å². The van der Waals surface area contributed by atoms with E-state index in [4.69, 9.17) is 4.98 Å². The SMILES string of the molecule is Cc1cc(NCCC(C)C)nc(N2CCN(c3ccccc3)CC2)n1. The number of para-hydroxylation sites is 1. The summed E-state index contributed by atoms with van der Waals surface area (Å²) in [6, 6.07) is 12.6. The number of hydrogen-bond acceptors (Lipinski definition) is 5. The quantitative estimate of drug-likeness (QED) is 0.871. The fourth-order valence-electron chi connectivity index (χ4n) is 3.08. The number of nitrogens with one attached hydrogen (secondary N) is 1. The molecule has 2 aromatic rings. The maximum absolute atomic E-state index is 4.74. The van der Waals surface area contributed by atoms with Crippen LogP contribution in [0.15, 0.2) is 36.4 Å². The lowest BCUT2D eigenvalue weighted by atomic mass is 10.1. The van der Waals surface area contributed by atoms with Crippen molar-refractivity contribution in [1.82, 2.24) is 9.97 Å². The molecule has 1 fully saturated rings. The summed E-state index contributed by atoms with van der Waals surface area (Å²) in [6.45, 7) is 11.4. The first-order chi connectivity index (χ1) is 12.1. The molecule has 0 saturated carbocycles. The molecule has 0 atom stereocenters. The van der Waals surface area contributed by atoms with Crippen molar-refractivity contribution in [2.24, 2.45) is 5.92 Å². The third kappa shape index (κ3) is 4.84. The molecule has 1 aromatic carbocycles. The second-order valence-corrected chi connectivity index (χ2v) is 7.11. The zero-order chi connectivity index (χ0) is 17.6. The Morgan fingerprint density at radius 2 is 1.68 bits per heavy atom. The molecule has 5 nitrogen and oxygen atoms in total. The molecule has 25 heavy (non-hydrogen) atoms. The topological polar surface area (TPSA) is 44.3 Å². The second-order valence-electron chi connectivity index (χ2n) is 7.11. The fourth-order valence-corrected chi connectivity index (χ4v) is 3.08. The molecule has 0 aliphatic carbocycles. The third-order valence-corrected chi connectivity index (χ3v) is 4.55. The van der Waals surface area contributed by atoms with Crippen LogP contribution in [0.25, 0.3) is 0 Å². The normalized spacial score (nSPS) is 14.9. The number of benzene rings is 1. The molecule has 134 valence electrons. The Labute approximate surface area is 151 Å². The monoisotopic (exact) mass is 339 g/mol. The van der Waals surface area contributed by atoms with E-state index < -0.39 is 0 Å². The highest BCUT2D eigenvalue weighted by atomic mass is 15.3. The van der Waals surface area contributed by atoms with E-state index in [1.54, 1.807) is 0 Å². The average Bonchev–Trinajstić information content (AvgIpc) is 2.62. The highest BCUT2D eigenvalue weighted by molar-refractivity contribution is 5.49. The lowest BCUT2D eigenvalue weighted by Crippen LogP contribution is -2.47. The van der Waals surface area contributed by atoms with Crippen molar-refractivity contribution in [3.8, 4) is 0 Å². The first-order valence-electron chi connectivity index (χ1n) is 9.26. The maximum Gasteiger partial charge on any atom is 0.227 e. The van der Waals surface area contributed by atoms with Crippen LogP contribution in [0, 0.1) is 12.8 Å². The van der Waals surface area contributed by atoms with E-state index in [0.717, 1.165) is 56.6 Å². The molecule has 1 aromatic heterocycles. The van der Waals surface area contributed by atoms with Gasteiger partial charge in [0.05, 0.1) is 0 Å². The van der Waals surface area contributed by atoms with E-state index in [1.807, 2.05) is 13.0 Å². The molecule has 3 rings (SSSR count). The van der Waals surface area contributed by atoms with Crippen LogP contribution in [-0.4, -0.2) is 42.7 Å². The summed E-state index contributed by atoms with van der Waals surface area (Å²) < 4.78 is 0. The van der Waals surface area contributed by atoms with Crippen molar-refractivity contribution < 1.29 is 0 Å². The van der Waals surface area contributed by atoms with Gasteiger partial charge in [0.2, 0.25) is 5.95 Å². The maximum atomic E-state index is 4.74. The van der Waals surface area contributed by atoms with Crippen molar-refractivity contribution in [1.29, 1.82) is 0 Å². The van der Waals surface area contributed by atoms with Crippen LogP contribution in [0.5, 0.6) is 0 Å². The third-order valence-electron chi connectivity index (χ3n) is 4.55. The number of aromatic nitrogens is 2. The predicted molar refractivity (Wildman–Crippen MR) is 106 cm³/mol. The van der Waals surface area contributed by atoms with Gasteiger partial charge in [-0.1, -0.05) is 32.0 Å². The fraction of sp³-hybridized carbons (Fsp3) is 0.500. The molecule has 1 aliphatic rings. The van der Waals surface area contributed by atoms with E-state index in [2.05, 4.69) is 64.3 Å². The molecule has 2 heterocycles. The largest absolute Gasteiger partial charge is 0.370 e. The van der Waals surface area contributed by atoms with Gasteiger partial charge in [0.1, 0.15) is 5.82 Å². The van der Waals surface area contributed by atoms with Gasteiger partial charge in [-0.05, 0) is 31.4 Å². The highest BCUT2D eigenvalue weighted by Crippen LogP contribution is 2.19. The molecule has 0 spiro atoms. The van der Waals surface area contributed by atoms with E-state index in [1.165, 1.54) is 5.69 Å². The van der Waals surface area contributed by atoms with Crippen LogP contribution in [0.4, 0.5) is 17.5 Å². The van der Waals surface area contributed by atoms with Crippen LogP contribution in [0.2, 0.25) is 0 Å². The van der Waals surface area contributed by atoms with Crippen LogP contribution in [-0.2, 0) is 0 Å². The Balaban J connectivity index is 1.61. The number of hydrogen-bond donors (Lipinski definition) is 1. The molecule has 0 unspecified atom stereocenters. The Hall–Kier alpha value is -2.30. The van der Waals surface area contributed by atoms with Crippen LogP contribution in [0.3, 0.4) is 0 Å². The van der Waals surface area contributed by atoms with Crippen molar-refractivity contribution in [3.63, 3.8) is 0 Å². The number of anilines is 3. The minimum atomic E-state index is 0.695. The molecule has 1 saturated heterocycles. The molecule has 0 bridgehead atoms. The van der Waals surface area contributed by atoms with E-state index in [-0.39, 0.29) is 0 Å². The Morgan fingerprint density at radius 3 is 2.36 bits per heavy atom. The van der Waals surface area contributed by atoms with Gasteiger partial charge in [-0.2, -0.15) is 4.98 Å². The number of nitrogens with zero attached hydrogens (tertiary/aromatic N) is 4. The van der Waals surface area contributed by atoms with Crippen LogP contribution in [0.1, 0.15) is 26.0 Å². The molecule has 1 aliphatic heterocycles. The standard InChI is InChI=1S/C20H29N5/c1-16(2)9-10-21-19-15-17(3)22-20(23-19)25-13-11-24(12-14-25)18-7-5-4-6-8-18/h4-8,15-16H,9-14H2,1-3H3,(H,21,22,23). The summed E-state index contributed by atoms with van der Waals surface area (Å²) in [4.78, 5) is 14.1. The summed E-state index contributed by atoms with van der Waals surface area (Å²) in [5.74, 6) is 2.48. The van der Waals surface area contributed by atoms with Gasteiger partial charge in [0.25, 0.3) is 0 Å². The first kappa shape index (κ1) is 17.5. The molecular formula is C20H29N5. The Bertz CT molecular complexity index is 663. The lowest BCUT2D eigenvalue weighted by molar-refractivity contribution is 0.606. The zero-order valence-electron chi connectivity index (χ0n) is 15.6. The van der Waals surface area contributed by atoms with Crippen molar-refractivity contribution in [3.05, 3.63) is 42.1 Å². The number of rotatable bonds is 6. The summed E-state index contributed by atoms with van der Waals surface area (Å²) in [5, 5.41) is 3.44. The predicted octanol–water partition coefficient (Wildman–Crippen LogP) is 3.57. The molecule has 5 heteroatoms. The average molecular weight is 339 g/mol. The smallest absolute Gasteiger partial charge is 0.227 e. The van der Waals surface area contributed by atoms with Gasteiger partial charge in [-0.3, -0.25) is 0 Å². The van der Waals surface area contributed by atoms with Crippen LogP contribution < -0.4 is 15.1 Å². The van der Waals surface area contributed by atoms with Gasteiger partial charge >= 0.3 is 0 Å².